The first-order valence-corrected chi connectivity index (χ1v) is 9.46. The van der Waals surface area contributed by atoms with E-state index in [9.17, 15) is 18.0 Å². The van der Waals surface area contributed by atoms with Crippen molar-refractivity contribution in [2.45, 2.75) is 11.4 Å². The molecule has 0 aliphatic carbocycles. The summed E-state index contributed by atoms with van der Waals surface area (Å²) in [4.78, 5) is 24.8. The molecule has 0 radical (unpaired) electrons. The molecular weight excluding hydrogens is 374 g/mol. The quantitative estimate of drug-likeness (QED) is 0.556. The number of imide groups is 1. The zero-order valence-corrected chi connectivity index (χ0v) is 14.9. The second kappa shape index (κ2) is 7.74. The van der Waals surface area contributed by atoms with E-state index in [1.165, 1.54) is 30.5 Å². The molecule has 142 valence electrons. The van der Waals surface area contributed by atoms with Crippen LogP contribution in [0.15, 0.2) is 63.7 Å². The third kappa shape index (κ3) is 4.25. The van der Waals surface area contributed by atoms with E-state index >= 15 is 0 Å². The molecule has 27 heavy (non-hydrogen) atoms. The van der Waals surface area contributed by atoms with Gasteiger partial charge in [0.2, 0.25) is 10.0 Å². The molecule has 0 atom stereocenters. The molecule has 1 aliphatic heterocycles. The number of β-amino-alcohol motifs (C(OH)–C–C–N with tert-alkyl or cyclic N) is 1. The summed E-state index contributed by atoms with van der Waals surface area (Å²) < 4.78 is 32.1. The van der Waals surface area contributed by atoms with Crippen molar-refractivity contribution in [2.24, 2.45) is 0 Å². The van der Waals surface area contributed by atoms with Crippen LogP contribution in [0, 0.1) is 0 Å². The van der Waals surface area contributed by atoms with Crippen LogP contribution in [0.4, 0.5) is 5.69 Å². The first-order valence-electron chi connectivity index (χ1n) is 7.98. The number of furan rings is 1. The van der Waals surface area contributed by atoms with E-state index in [4.69, 9.17) is 9.52 Å². The molecule has 1 aliphatic rings. The van der Waals surface area contributed by atoms with Gasteiger partial charge in [0.25, 0.3) is 11.8 Å². The van der Waals surface area contributed by atoms with Crippen LogP contribution in [-0.2, 0) is 26.2 Å². The fourth-order valence-electron chi connectivity index (χ4n) is 2.45. The van der Waals surface area contributed by atoms with Crippen LogP contribution in [-0.4, -0.2) is 43.4 Å². The van der Waals surface area contributed by atoms with Crippen molar-refractivity contribution >= 4 is 27.5 Å². The first-order chi connectivity index (χ1) is 12.9. The Labute approximate surface area is 155 Å². The monoisotopic (exact) mass is 391 g/mol. The molecule has 2 aromatic rings. The van der Waals surface area contributed by atoms with Crippen LogP contribution in [0.5, 0.6) is 0 Å². The average Bonchev–Trinajstić information content (AvgIpc) is 3.25. The lowest BCUT2D eigenvalue weighted by Crippen LogP contribution is -2.34. The summed E-state index contributed by atoms with van der Waals surface area (Å²) in [7, 11) is -3.73. The van der Waals surface area contributed by atoms with Crippen molar-refractivity contribution in [3.05, 3.63) is 60.2 Å². The SMILES string of the molecule is O=C1C=C(Nc2ccc(S(=O)(=O)NCc3ccco3)cc2)C(=O)N1CCO. The largest absolute Gasteiger partial charge is 0.468 e. The van der Waals surface area contributed by atoms with Gasteiger partial charge in [0.1, 0.15) is 11.5 Å². The second-order valence-corrected chi connectivity index (χ2v) is 7.40. The topological polar surface area (TPSA) is 129 Å². The van der Waals surface area contributed by atoms with Gasteiger partial charge < -0.3 is 14.8 Å². The molecule has 9 nitrogen and oxygen atoms in total. The Morgan fingerprint density at radius 2 is 1.85 bits per heavy atom. The molecule has 3 rings (SSSR count). The van der Waals surface area contributed by atoms with Crippen molar-refractivity contribution in [1.29, 1.82) is 0 Å². The number of carbonyl (C=O) groups excluding carboxylic acids is 2. The van der Waals surface area contributed by atoms with Crippen LogP contribution in [0.3, 0.4) is 0 Å². The van der Waals surface area contributed by atoms with Crippen molar-refractivity contribution in [2.75, 3.05) is 18.5 Å². The normalized spacial score (nSPS) is 14.6. The van der Waals surface area contributed by atoms with Crippen molar-refractivity contribution < 1.29 is 27.5 Å². The summed E-state index contributed by atoms with van der Waals surface area (Å²) in [5, 5.41) is 11.7. The van der Waals surface area contributed by atoms with Gasteiger partial charge in [0.15, 0.2) is 0 Å². The molecule has 0 unspecified atom stereocenters. The first kappa shape index (κ1) is 18.8. The van der Waals surface area contributed by atoms with Gasteiger partial charge in [-0.2, -0.15) is 0 Å². The minimum Gasteiger partial charge on any atom is -0.468 e. The van der Waals surface area contributed by atoms with E-state index in [0.29, 0.717) is 11.4 Å². The van der Waals surface area contributed by atoms with Gasteiger partial charge in [-0.15, -0.1) is 0 Å². The summed E-state index contributed by atoms with van der Waals surface area (Å²) in [6, 6.07) is 9.03. The number of nitrogens with one attached hydrogen (secondary N) is 2. The number of sulfonamides is 1. The lowest BCUT2D eigenvalue weighted by molar-refractivity contribution is -0.137. The van der Waals surface area contributed by atoms with Gasteiger partial charge in [0.05, 0.1) is 30.9 Å². The van der Waals surface area contributed by atoms with E-state index in [1.54, 1.807) is 12.1 Å². The number of anilines is 1. The van der Waals surface area contributed by atoms with Gasteiger partial charge >= 0.3 is 0 Å². The highest BCUT2D eigenvalue weighted by Gasteiger charge is 2.30. The van der Waals surface area contributed by atoms with Gasteiger partial charge in [-0.1, -0.05) is 0 Å². The van der Waals surface area contributed by atoms with E-state index in [1.807, 2.05) is 0 Å². The van der Waals surface area contributed by atoms with Crippen LogP contribution >= 0.6 is 0 Å². The van der Waals surface area contributed by atoms with Crippen LogP contribution in [0.1, 0.15) is 5.76 Å². The van der Waals surface area contributed by atoms with Gasteiger partial charge in [-0.05, 0) is 36.4 Å². The van der Waals surface area contributed by atoms with Crippen molar-refractivity contribution in [1.82, 2.24) is 9.62 Å². The Morgan fingerprint density at radius 1 is 1.11 bits per heavy atom. The number of nitrogens with zero attached hydrogens (tertiary/aromatic N) is 1. The predicted octanol–water partition coefficient (Wildman–Crippen LogP) is 0.415. The number of carbonyl (C=O) groups is 2. The number of benzene rings is 1. The maximum absolute atomic E-state index is 12.3. The molecule has 10 heteroatoms. The fraction of sp³-hybridized carbons (Fsp3) is 0.176. The zero-order chi connectivity index (χ0) is 19.4. The maximum atomic E-state index is 12.3. The van der Waals surface area contributed by atoms with Gasteiger partial charge in [-0.3, -0.25) is 14.5 Å². The third-order valence-corrected chi connectivity index (χ3v) is 5.21. The fourth-order valence-corrected chi connectivity index (χ4v) is 3.44. The Bertz CT molecular complexity index is 965. The average molecular weight is 391 g/mol. The second-order valence-electron chi connectivity index (χ2n) is 5.63. The number of hydrogen-bond donors (Lipinski definition) is 3. The predicted molar refractivity (Wildman–Crippen MR) is 94.7 cm³/mol. The van der Waals surface area contributed by atoms with Crippen molar-refractivity contribution in [3.8, 4) is 0 Å². The summed E-state index contributed by atoms with van der Waals surface area (Å²) >= 11 is 0. The molecular formula is C17H17N3O6S. The lowest BCUT2D eigenvalue weighted by atomic mass is 10.3. The van der Waals surface area contributed by atoms with Crippen LogP contribution in [0.25, 0.3) is 0 Å². The molecule has 0 spiro atoms. The molecule has 0 fully saturated rings. The Morgan fingerprint density at radius 3 is 2.48 bits per heavy atom. The number of amides is 2. The maximum Gasteiger partial charge on any atom is 0.277 e. The molecule has 0 bridgehead atoms. The Balaban J connectivity index is 1.66. The lowest BCUT2D eigenvalue weighted by Gasteiger charge is -2.13. The number of rotatable bonds is 8. The van der Waals surface area contributed by atoms with Gasteiger partial charge in [-0.25, -0.2) is 13.1 Å². The van der Waals surface area contributed by atoms with Crippen LogP contribution in [0.2, 0.25) is 0 Å². The minimum absolute atomic E-state index is 0.0273. The summed E-state index contributed by atoms with van der Waals surface area (Å²) in [5.41, 5.74) is 0.498. The summed E-state index contributed by atoms with van der Waals surface area (Å²) in [6.07, 6.45) is 2.59. The third-order valence-electron chi connectivity index (χ3n) is 3.79. The highest BCUT2D eigenvalue weighted by Crippen LogP contribution is 2.19. The Kier molecular flexibility index (Phi) is 5.40. The summed E-state index contributed by atoms with van der Waals surface area (Å²) in [6.45, 7) is -0.381. The highest BCUT2D eigenvalue weighted by molar-refractivity contribution is 7.89. The molecule has 2 amide bonds. The van der Waals surface area contributed by atoms with E-state index in [2.05, 4.69) is 10.0 Å². The zero-order valence-electron chi connectivity index (χ0n) is 14.1. The number of aliphatic hydroxyl groups is 1. The highest BCUT2D eigenvalue weighted by atomic mass is 32.2. The van der Waals surface area contributed by atoms with E-state index < -0.39 is 21.8 Å². The summed E-state index contributed by atoms with van der Waals surface area (Å²) in [5.74, 6) is -0.579. The Hall–Kier alpha value is -2.95. The number of hydrogen-bond acceptors (Lipinski definition) is 7. The molecule has 0 saturated carbocycles. The molecule has 1 aromatic carbocycles. The van der Waals surface area contributed by atoms with Crippen LogP contribution < -0.4 is 10.0 Å². The standard InChI is InChI=1S/C17H17N3O6S/c21-8-7-20-16(22)10-15(17(20)23)19-12-3-5-14(6-4-12)27(24,25)18-11-13-2-1-9-26-13/h1-6,9-10,18-19,21H,7-8,11H2. The van der Waals surface area contributed by atoms with Crippen molar-refractivity contribution in [3.63, 3.8) is 0 Å². The van der Waals surface area contributed by atoms with E-state index in [-0.39, 0.29) is 30.3 Å². The minimum atomic E-state index is -3.73. The smallest absolute Gasteiger partial charge is 0.277 e. The molecule has 2 heterocycles. The molecule has 3 N–H and O–H groups in total. The number of aliphatic hydroxyl groups excluding tert-OH is 1. The molecule has 0 saturated heterocycles. The van der Waals surface area contributed by atoms with E-state index in [0.717, 1.165) is 11.0 Å². The van der Waals surface area contributed by atoms with Gasteiger partial charge in [0, 0.05) is 11.8 Å². The molecule has 1 aromatic heterocycles.